The lowest BCUT2D eigenvalue weighted by atomic mass is 9.95. The normalized spacial score (nSPS) is 16.5. The fourth-order valence-corrected chi connectivity index (χ4v) is 2.87. The first-order valence-electron chi connectivity index (χ1n) is 8.08. The van der Waals surface area contributed by atoms with Crippen molar-refractivity contribution in [1.82, 2.24) is 20.3 Å². The van der Waals surface area contributed by atoms with Crippen molar-refractivity contribution in [2.75, 3.05) is 13.7 Å². The second-order valence-electron chi connectivity index (χ2n) is 6.48. The lowest BCUT2D eigenvalue weighted by Crippen LogP contribution is -2.53. The van der Waals surface area contributed by atoms with E-state index < -0.39 is 0 Å². The van der Waals surface area contributed by atoms with Gasteiger partial charge in [-0.3, -0.25) is 4.79 Å². The highest BCUT2D eigenvalue weighted by Crippen LogP contribution is 2.39. The van der Waals surface area contributed by atoms with Crippen LogP contribution in [-0.4, -0.2) is 40.1 Å². The molecule has 3 rings (SSSR count). The number of amides is 1. The first kappa shape index (κ1) is 16.4. The Bertz CT molecular complexity index is 736. The Morgan fingerprint density at radius 2 is 2.08 bits per heavy atom. The van der Waals surface area contributed by atoms with Gasteiger partial charge in [0.25, 0.3) is 5.91 Å². The number of carbonyl (C=O) groups is 1. The number of hydrogen-bond acceptors (Lipinski definition) is 5. The molecule has 1 saturated carbocycles. The summed E-state index contributed by atoms with van der Waals surface area (Å²) < 4.78 is 6.80. The molecule has 128 valence electrons. The molecule has 1 aliphatic rings. The number of methoxy groups -OCH3 is 1. The quantitative estimate of drug-likeness (QED) is 0.836. The number of nitrogens with zero attached hydrogens (tertiary/aromatic N) is 3. The van der Waals surface area contributed by atoms with Crippen LogP contribution in [0.4, 0.5) is 0 Å². The molecule has 7 heteroatoms. The molecule has 2 aromatic rings. The summed E-state index contributed by atoms with van der Waals surface area (Å²) in [6.45, 7) is 4.23. The van der Waals surface area contributed by atoms with Crippen molar-refractivity contribution in [1.29, 1.82) is 0 Å². The van der Waals surface area contributed by atoms with Gasteiger partial charge < -0.3 is 15.8 Å². The van der Waals surface area contributed by atoms with Crippen molar-refractivity contribution in [3.8, 4) is 11.4 Å². The first-order chi connectivity index (χ1) is 11.5. The highest BCUT2D eigenvalue weighted by atomic mass is 16.5. The minimum Gasteiger partial charge on any atom is -0.497 e. The predicted octanol–water partition coefficient (Wildman–Crippen LogP) is 1.44. The van der Waals surface area contributed by atoms with E-state index in [9.17, 15) is 4.79 Å². The van der Waals surface area contributed by atoms with Gasteiger partial charge in [-0.1, -0.05) is 5.21 Å². The van der Waals surface area contributed by atoms with Crippen LogP contribution in [0.1, 0.15) is 35.9 Å². The Balaban J connectivity index is 1.82. The second kappa shape index (κ2) is 6.24. The van der Waals surface area contributed by atoms with Crippen molar-refractivity contribution in [3.63, 3.8) is 0 Å². The largest absolute Gasteiger partial charge is 0.497 e. The van der Waals surface area contributed by atoms with Gasteiger partial charge in [0.05, 0.1) is 24.0 Å². The Kier molecular flexibility index (Phi) is 4.28. The Hall–Kier alpha value is -2.41. The zero-order chi connectivity index (χ0) is 17.3. The summed E-state index contributed by atoms with van der Waals surface area (Å²) in [5.41, 5.74) is 7.32. The number of nitrogens with two attached hydrogens (primary N) is 1. The third kappa shape index (κ3) is 2.99. The zero-order valence-corrected chi connectivity index (χ0v) is 14.2. The van der Waals surface area contributed by atoms with Gasteiger partial charge in [-0.15, -0.1) is 5.10 Å². The first-order valence-corrected chi connectivity index (χ1v) is 8.08. The van der Waals surface area contributed by atoms with Gasteiger partial charge in [0.15, 0.2) is 5.69 Å². The molecule has 0 aliphatic heterocycles. The minimum absolute atomic E-state index is 0.230. The van der Waals surface area contributed by atoms with Crippen molar-refractivity contribution in [2.45, 2.75) is 32.2 Å². The maximum absolute atomic E-state index is 12.6. The van der Waals surface area contributed by atoms with Gasteiger partial charge in [0, 0.05) is 6.54 Å². The maximum atomic E-state index is 12.6. The number of rotatable bonds is 6. The number of nitrogens with one attached hydrogen (secondary N) is 1. The number of benzene rings is 1. The molecule has 1 amide bonds. The number of hydrogen-bond donors (Lipinski definition) is 2. The van der Waals surface area contributed by atoms with Crippen LogP contribution in [0.2, 0.25) is 0 Å². The molecule has 0 saturated heterocycles. The Morgan fingerprint density at radius 3 is 2.62 bits per heavy atom. The molecule has 1 aliphatic carbocycles. The summed E-state index contributed by atoms with van der Waals surface area (Å²) in [5, 5.41) is 11.2. The topological polar surface area (TPSA) is 95.1 Å². The molecule has 1 atom stereocenters. The van der Waals surface area contributed by atoms with Crippen molar-refractivity contribution in [2.24, 2.45) is 11.7 Å². The molecule has 0 radical (unpaired) electrons. The Labute approximate surface area is 141 Å². The Morgan fingerprint density at radius 1 is 1.42 bits per heavy atom. The van der Waals surface area contributed by atoms with E-state index in [2.05, 4.69) is 15.6 Å². The van der Waals surface area contributed by atoms with Crippen LogP contribution in [0, 0.1) is 12.8 Å². The third-order valence-corrected chi connectivity index (χ3v) is 4.73. The zero-order valence-electron chi connectivity index (χ0n) is 14.2. The lowest BCUT2D eigenvalue weighted by molar-refractivity contribution is 0.0892. The second-order valence-corrected chi connectivity index (χ2v) is 6.48. The van der Waals surface area contributed by atoms with E-state index in [0.717, 1.165) is 24.3 Å². The summed E-state index contributed by atoms with van der Waals surface area (Å²) in [7, 11) is 1.62. The SMILES string of the molecule is COc1ccc(-n2nnc(C(=O)NC(C)(CN)C3CC3)c2C)cc1. The van der Waals surface area contributed by atoms with E-state index in [1.165, 1.54) is 0 Å². The molecule has 1 aromatic heterocycles. The molecule has 1 aromatic carbocycles. The molecular formula is C17H23N5O2. The van der Waals surface area contributed by atoms with Crippen LogP contribution in [0.5, 0.6) is 5.75 Å². The van der Waals surface area contributed by atoms with Crippen LogP contribution < -0.4 is 15.8 Å². The van der Waals surface area contributed by atoms with Gasteiger partial charge >= 0.3 is 0 Å². The van der Waals surface area contributed by atoms with Crippen molar-refractivity contribution < 1.29 is 9.53 Å². The van der Waals surface area contributed by atoms with Crippen LogP contribution in [-0.2, 0) is 0 Å². The van der Waals surface area contributed by atoms with Gasteiger partial charge in [0.2, 0.25) is 0 Å². The summed E-state index contributed by atoms with van der Waals surface area (Å²) in [4.78, 5) is 12.6. The average Bonchev–Trinajstić information content (AvgIpc) is 3.38. The molecular weight excluding hydrogens is 306 g/mol. The van der Waals surface area contributed by atoms with E-state index in [1.807, 2.05) is 38.1 Å². The van der Waals surface area contributed by atoms with Crippen molar-refractivity contribution in [3.05, 3.63) is 35.7 Å². The summed E-state index contributed by atoms with van der Waals surface area (Å²) in [6.07, 6.45) is 2.21. The number of ether oxygens (including phenoxy) is 1. The van der Waals surface area contributed by atoms with E-state index in [-0.39, 0.29) is 11.4 Å². The van der Waals surface area contributed by atoms with E-state index >= 15 is 0 Å². The number of carbonyl (C=O) groups excluding carboxylic acids is 1. The molecule has 1 heterocycles. The van der Waals surface area contributed by atoms with E-state index in [0.29, 0.717) is 23.9 Å². The average molecular weight is 329 g/mol. The molecule has 0 bridgehead atoms. The number of aromatic nitrogens is 3. The molecule has 24 heavy (non-hydrogen) atoms. The van der Waals surface area contributed by atoms with E-state index in [4.69, 9.17) is 10.5 Å². The third-order valence-electron chi connectivity index (χ3n) is 4.73. The lowest BCUT2D eigenvalue weighted by Gasteiger charge is -2.29. The minimum atomic E-state index is -0.382. The van der Waals surface area contributed by atoms with Gasteiger partial charge in [-0.25, -0.2) is 4.68 Å². The molecule has 1 fully saturated rings. The van der Waals surface area contributed by atoms with Gasteiger partial charge in [-0.2, -0.15) is 0 Å². The standard InChI is InChI=1S/C17H23N5O2/c1-11-15(16(23)19-17(2,10-18)12-4-5-12)20-21-22(11)13-6-8-14(24-3)9-7-13/h6-9,12H,4-5,10,18H2,1-3H3,(H,19,23). The molecule has 1 unspecified atom stereocenters. The fourth-order valence-electron chi connectivity index (χ4n) is 2.87. The van der Waals surface area contributed by atoms with Crippen LogP contribution >= 0.6 is 0 Å². The van der Waals surface area contributed by atoms with Crippen LogP contribution in [0.15, 0.2) is 24.3 Å². The van der Waals surface area contributed by atoms with Crippen LogP contribution in [0.3, 0.4) is 0 Å². The maximum Gasteiger partial charge on any atom is 0.274 e. The highest BCUT2D eigenvalue weighted by Gasteiger charge is 2.42. The molecule has 0 spiro atoms. The van der Waals surface area contributed by atoms with Gasteiger partial charge in [-0.05, 0) is 56.9 Å². The summed E-state index contributed by atoms with van der Waals surface area (Å²) in [6, 6.07) is 7.43. The monoisotopic (exact) mass is 329 g/mol. The summed E-state index contributed by atoms with van der Waals surface area (Å²) >= 11 is 0. The van der Waals surface area contributed by atoms with Crippen LogP contribution in [0.25, 0.3) is 5.69 Å². The van der Waals surface area contributed by atoms with Crippen molar-refractivity contribution >= 4 is 5.91 Å². The smallest absolute Gasteiger partial charge is 0.274 e. The van der Waals surface area contributed by atoms with E-state index in [1.54, 1.807) is 11.8 Å². The predicted molar refractivity (Wildman–Crippen MR) is 90.3 cm³/mol. The summed E-state index contributed by atoms with van der Waals surface area (Å²) in [5.74, 6) is 0.980. The molecule has 7 nitrogen and oxygen atoms in total. The fraction of sp³-hybridized carbons (Fsp3) is 0.471. The van der Waals surface area contributed by atoms with Gasteiger partial charge in [0.1, 0.15) is 5.75 Å². The highest BCUT2D eigenvalue weighted by molar-refractivity contribution is 5.93. The molecule has 3 N–H and O–H groups in total.